The lowest BCUT2D eigenvalue weighted by atomic mass is 10.3. The molecule has 2 nitrogen and oxygen atoms in total. The summed E-state index contributed by atoms with van der Waals surface area (Å²) < 4.78 is 5.71. The second-order valence-corrected chi connectivity index (χ2v) is 6.56. The molecule has 2 aliphatic rings. The average molecular weight is 251 g/mol. The Morgan fingerprint density at radius 2 is 2.00 bits per heavy atom. The molecule has 0 aromatic carbocycles. The SMILES string of the molecule is c1cc(COCCC2CC2)sc1CNC1CC1. The van der Waals surface area contributed by atoms with E-state index in [0.29, 0.717) is 0 Å². The Morgan fingerprint density at radius 3 is 2.76 bits per heavy atom. The first kappa shape index (κ1) is 11.7. The highest BCUT2D eigenvalue weighted by atomic mass is 32.1. The molecule has 1 aromatic rings. The molecule has 0 bridgehead atoms. The zero-order chi connectivity index (χ0) is 11.5. The number of hydrogen-bond donors (Lipinski definition) is 1. The van der Waals surface area contributed by atoms with E-state index >= 15 is 0 Å². The molecule has 94 valence electrons. The van der Waals surface area contributed by atoms with Crippen LogP contribution in [0, 0.1) is 5.92 Å². The van der Waals surface area contributed by atoms with Gasteiger partial charge in [0.15, 0.2) is 0 Å². The van der Waals surface area contributed by atoms with E-state index in [9.17, 15) is 0 Å². The summed E-state index contributed by atoms with van der Waals surface area (Å²) in [7, 11) is 0. The maximum absolute atomic E-state index is 5.71. The van der Waals surface area contributed by atoms with Crippen molar-refractivity contribution in [1.29, 1.82) is 0 Å². The number of ether oxygens (including phenoxy) is 1. The van der Waals surface area contributed by atoms with Crippen LogP contribution in [0.15, 0.2) is 12.1 Å². The second-order valence-electron chi connectivity index (χ2n) is 5.31. The smallest absolute Gasteiger partial charge is 0.0809 e. The molecule has 0 atom stereocenters. The minimum absolute atomic E-state index is 0.801. The van der Waals surface area contributed by atoms with E-state index in [4.69, 9.17) is 4.74 Å². The van der Waals surface area contributed by atoms with Gasteiger partial charge in [0.2, 0.25) is 0 Å². The summed E-state index contributed by atoms with van der Waals surface area (Å²) >= 11 is 1.89. The van der Waals surface area contributed by atoms with Crippen LogP contribution in [0.2, 0.25) is 0 Å². The third-order valence-corrected chi connectivity index (χ3v) is 4.53. The van der Waals surface area contributed by atoms with Gasteiger partial charge in [0.25, 0.3) is 0 Å². The van der Waals surface area contributed by atoms with Crippen LogP contribution in [0.3, 0.4) is 0 Å². The number of nitrogens with one attached hydrogen (secondary N) is 1. The quantitative estimate of drug-likeness (QED) is 0.716. The number of thiophene rings is 1. The minimum Gasteiger partial charge on any atom is -0.376 e. The Labute approximate surface area is 107 Å². The van der Waals surface area contributed by atoms with Crippen molar-refractivity contribution >= 4 is 11.3 Å². The molecule has 0 aliphatic heterocycles. The molecule has 1 aromatic heterocycles. The molecule has 1 N–H and O–H groups in total. The average Bonchev–Trinajstić information content (AvgIpc) is 3.24. The maximum Gasteiger partial charge on any atom is 0.0809 e. The van der Waals surface area contributed by atoms with E-state index in [2.05, 4.69) is 17.4 Å². The van der Waals surface area contributed by atoms with Crippen molar-refractivity contribution in [2.75, 3.05) is 6.61 Å². The molecule has 1 heterocycles. The van der Waals surface area contributed by atoms with Gasteiger partial charge in [0.05, 0.1) is 6.61 Å². The summed E-state index contributed by atoms with van der Waals surface area (Å²) in [5, 5.41) is 3.55. The summed E-state index contributed by atoms with van der Waals surface area (Å²) in [5.74, 6) is 0.983. The third kappa shape index (κ3) is 4.09. The lowest BCUT2D eigenvalue weighted by molar-refractivity contribution is 0.117. The Hall–Kier alpha value is -0.380. The van der Waals surface area contributed by atoms with E-state index in [0.717, 1.165) is 31.7 Å². The minimum atomic E-state index is 0.801. The van der Waals surface area contributed by atoms with Crippen LogP contribution >= 0.6 is 11.3 Å². The Kier molecular flexibility index (Phi) is 3.79. The molecule has 0 unspecified atom stereocenters. The van der Waals surface area contributed by atoms with Crippen molar-refractivity contribution in [3.63, 3.8) is 0 Å². The molecule has 3 heteroatoms. The summed E-state index contributed by atoms with van der Waals surface area (Å²) in [4.78, 5) is 2.81. The molecule has 17 heavy (non-hydrogen) atoms. The molecule has 2 saturated carbocycles. The van der Waals surface area contributed by atoms with Crippen LogP contribution in [0.25, 0.3) is 0 Å². The van der Waals surface area contributed by atoms with Gasteiger partial charge >= 0.3 is 0 Å². The van der Waals surface area contributed by atoms with Gasteiger partial charge in [-0.05, 0) is 37.3 Å². The van der Waals surface area contributed by atoms with Crippen molar-refractivity contribution in [3.8, 4) is 0 Å². The maximum atomic E-state index is 5.71. The van der Waals surface area contributed by atoms with Gasteiger partial charge < -0.3 is 10.1 Å². The van der Waals surface area contributed by atoms with Crippen LogP contribution in [0.1, 0.15) is 41.9 Å². The predicted octanol–water partition coefficient (Wildman–Crippen LogP) is 3.32. The fourth-order valence-electron chi connectivity index (χ4n) is 1.96. The zero-order valence-electron chi connectivity index (χ0n) is 10.3. The molecule has 0 spiro atoms. The van der Waals surface area contributed by atoms with E-state index in [1.165, 1.54) is 41.9 Å². The number of hydrogen-bond acceptors (Lipinski definition) is 3. The lowest BCUT2D eigenvalue weighted by Crippen LogP contribution is -2.14. The van der Waals surface area contributed by atoms with Crippen molar-refractivity contribution in [1.82, 2.24) is 5.32 Å². The molecule has 3 rings (SSSR count). The number of rotatable bonds is 8. The fraction of sp³-hybridized carbons (Fsp3) is 0.714. The summed E-state index contributed by atoms with van der Waals surface area (Å²) in [6, 6.07) is 5.25. The van der Waals surface area contributed by atoms with Crippen LogP contribution in [0.5, 0.6) is 0 Å². The summed E-state index contributed by atoms with van der Waals surface area (Å²) in [5.41, 5.74) is 0. The standard InChI is InChI=1S/C14H21NOS/c1-2-11(1)7-8-16-10-14-6-5-13(17-14)9-15-12-3-4-12/h5-6,11-12,15H,1-4,7-10H2. The highest BCUT2D eigenvalue weighted by Gasteiger charge is 2.21. The lowest BCUT2D eigenvalue weighted by Gasteiger charge is -2.01. The Morgan fingerprint density at radius 1 is 1.18 bits per heavy atom. The van der Waals surface area contributed by atoms with Crippen LogP contribution < -0.4 is 5.32 Å². The van der Waals surface area contributed by atoms with Crippen molar-refractivity contribution in [2.24, 2.45) is 5.92 Å². The van der Waals surface area contributed by atoms with E-state index < -0.39 is 0 Å². The summed E-state index contributed by atoms with van der Waals surface area (Å²) in [6.07, 6.45) is 6.85. The molecule has 0 amide bonds. The Bertz CT molecular complexity index is 355. The zero-order valence-corrected chi connectivity index (χ0v) is 11.1. The molecule has 2 fully saturated rings. The van der Waals surface area contributed by atoms with Gasteiger partial charge in [-0.15, -0.1) is 11.3 Å². The van der Waals surface area contributed by atoms with Crippen LogP contribution in [-0.4, -0.2) is 12.6 Å². The van der Waals surface area contributed by atoms with Crippen molar-refractivity contribution in [2.45, 2.75) is 51.3 Å². The van der Waals surface area contributed by atoms with Crippen LogP contribution in [-0.2, 0) is 17.9 Å². The van der Waals surface area contributed by atoms with Crippen molar-refractivity contribution < 1.29 is 4.74 Å². The van der Waals surface area contributed by atoms with Crippen LogP contribution in [0.4, 0.5) is 0 Å². The van der Waals surface area contributed by atoms with Gasteiger partial charge in [-0.3, -0.25) is 0 Å². The highest BCUT2D eigenvalue weighted by molar-refractivity contribution is 7.11. The van der Waals surface area contributed by atoms with Crippen molar-refractivity contribution in [3.05, 3.63) is 21.9 Å². The topological polar surface area (TPSA) is 21.3 Å². The van der Waals surface area contributed by atoms with Gasteiger partial charge in [0.1, 0.15) is 0 Å². The molecular weight excluding hydrogens is 230 g/mol. The van der Waals surface area contributed by atoms with Gasteiger partial charge in [-0.25, -0.2) is 0 Å². The largest absolute Gasteiger partial charge is 0.376 e. The molecule has 0 saturated heterocycles. The first-order valence-corrected chi connectivity index (χ1v) is 7.60. The summed E-state index contributed by atoms with van der Waals surface area (Å²) in [6.45, 7) is 2.79. The molecular formula is C14H21NOS. The van der Waals surface area contributed by atoms with Gasteiger partial charge in [-0.1, -0.05) is 12.8 Å². The second kappa shape index (κ2) is 5.51. The first-order chi connectivity index (χ1) is 8.40. The van der Waals surface area contributed by atoms with E-state index in [1.54, 1.807) is 0 Å². The van der Waals surface area contributed by atoms with Gasteiger partial charge in [0, 0.05) is 28.9 Å². The molecule has 0 radical (unpaired) electrons. The Balaban J connectivity index is 1.33. The normalized spacial score (nSPS) is 19.8. The predicted molar refractivity (Wildman–Crippen MR) is 71.2 cm³/mol. The van der Waals surface area contributed by atoms with E-state index in [1.807, 2.05) is 11.3 Å². The van der Waals surface area contributed by atoms with Gasteiger partial charge in [-0.2, -0.15) is 0 Å². The first-order valence-electron chi connectivity index (χ1n) is 6.79. The van der Waals surface area contributed by atoms with E-state index in [-0.39, 0.29) is 0 Å². The highest BCUT2D eigenvalue weighted by Crippen LogP contribution is 2.32. The third-order valence-electron chi connectivity index (χ3n) is 3.47. The monoisotopic (exact) mass is 251 g/mol. The fourth-order valence-corrected chi connectivity index (χ4v) is 2.86. The molecule has 2 aliphatic carbocycles.